The molecule has 1 amide bonds. The molecule has 0 aliphatic heterocycles. The quantitative estimate of drug-likeness (QED) is 0.715. The molecule has 104 valence electrons. The fourth-order valence-electron chi connectivity index (χ4n) is 1.74. The number of carboxylic acids is 1. The van der Waals surface area contributed by atoms with E-state index in [0.29, 0.717) is 6.42 Å². The number of aromatic nitrogens is 1. The van der Waals surface area contributed by atoms with Gasteiger partial charge in [0.25, 0.3) is 5.91 Å². The summed E-state index contributed by atoms with van der Waals surface area (Å²) in [7, 11) is 0. The lowest BCUT2D eigenvalue weighted by Crippen LogP contribution is -2.41. The number of pyridine rings is 1. The van der Waals surface area contributed by atoms with Crippen molar-refractivity contribution in [3.05, 3.63) is 29.6 Å². The van der Waals surface area contributed by atoms with Gasteiger partial charge in [0.2, 0.25) is 0 Å². The van der Waals surface area contributed by atoms with Gasteiger partial charge >= 0.3 is 5.97 Å². The molecule has 0 aliphatic carbocycles. The van der Waals surface area contributed by atoms with E-state index in [2.05, 4.69) is 10.3 Å². The maximum absolute atomic E-state index is 11.9. The Morgan fingerprint density at radius 1 is 1.47 bits per heavy atom. The fourth-order valence-corrected chi connectivity index (χ4v) is 1.74. The Morgan fingerprint density at radius 2 is 2.16 bits per heavy atom. The number of aliphatic hydroxyl groups is 1. The molecule has 0 spiro atoms. The van der Waals surface area contributed by atoms with Crippen molar-refractivity contribution in [2.24, 2.45) is 0 Å². The topological polar surface area (TPSA) is 99.5 Å². The van der Waals surface area contributed by atoms with Crippen molar-refractivity contribution in [1.82, 2.24) is 10.3 Å². The predicted octanol–water partition coefficient (Wildman–Crippen LogP) is 1.06. The van der Waals surface area contributed by atoms with Crippen LogP contribution in [0.15, 0.2) is 18.3 Å². The van der Waals surface area contributed by atoms with Crippen molar-refractivity contribution in [1.29, 1.82) is 0 Å². The third-order valence-electron chi connectivity index (χ3n) is 2.67. The molecule has 0 fully saturated rings. The van der Waals surface area contributed by atoms with Crippen molar-refractivity contribution < 1.29 is 19.8 Å². The summed E-state index contributed by atoms with van der Waals surface area (Å²) in [6.07, 6.45) is 2.68. The molecule has 6 nitrogen and oxygen atoms in total. The predicted molar refractivity (Wildman–Crippen MR) is 69.1 cm³/mol. The van der Waals surface area contributed by atoms with Crippen LogP contribution in [0.4, 0.5) is 0 Å². The Morgan fingerprint density at radius 3 is 2.74 bits per heavy atom. The maximum atomic E-state index is 11.9. The van der Waals surface area contributed by atoms with Gasteiger partial charge < -0.3 is 15.5 Å². The Labute approximate surface area is 111 Å². The molecule has 1 unspecified atom stereocenters. The molecular weight excluding hydrogens is 248 g/mol. The number of nitrogens with one attached hydrogen (secondary N) is 1. The van der Waals surface area contributed by atoms with Crippen LogP contribution >= 0.6 is 0 Å². The van der Waals surface area contributed by atoms with E-state index in [1.54, 1.807) is 6.92 Å². The van der Waals surface area contributed by atoms with Gasteiger partial charge in [0.15, 0.2) is 0 Å². The minimum Gasteiger partial charge on any atom is -0.478 e. The highest BCUT2D eigenvalue weighted by Crippen LogP contribution is 2.11. The van der Waals surface area contributed by atoms with E-state index in [1.165, 1.54) is 18.3 Å². The van der Waals surface area contributed by atoms with Crippen LogP contribution in [0.5, 0.6) is 0 Å². The highest BCUT2D eigenvalue weighted by molar-refractivity contribution is 6.03. The first-order chi connectivity index (χ1) is 8.87. The zero-order valence-electron chi connectivity index (χ0n) is 11.0. The largest absolute Gasteiger partial charge is 0.478 e. The van der Waals surface area contributed by atoms with E-state index < -0.39 is 17.5 Å². The van der Waals surface area contributed by atoms with E-state index in [0.717, 1.165) is 6.42 Å². The number of carbonyl (C=O) groups excluding carboxylic acids is 1. The average Bonchev–Trinajstić information content (AvgIpc) is 2.36. The summed E-state index contributed by atoms with van der Waals surface area (Å²) in [6.45, 7) is 3.60. The van der Waals surface area contributed by atoms with Crippen molar-refractivity contribution in [2.45, 2.75) is 32.3 Å². The monoisotopic (exact) mass is 266 g/mol. The summed E-state index contributed by atoms with van der Waals surface area (Å²) < 4.78 is 0. The van der Waals surface area contributed by atoms with Crippen LogP contribution in [0.25, 0.3) is 0 Å². The first kappa shape index (κ1) is 15.1. The lowest BCUT2D eigenvalue weighted by atomic mass is 10.0. The van der Waals surface area contributed by atoms with Crippen LogP contribution < -0.4 is 5.32 Å². The Hall–Kier alpha value is -1.95. The highest BCUT2D eigenvalue weighted by atomic mass is 16.4. The van der Waals surface area contributed by atoms with Gasteiger partial charge in [0.05, 0.1) is 11.2 Å². The van der Waals surface area contributed by atoms with Gasteiger partial charge in [-0.05, 0) is 25.5 Å². The second kappa shape index (κ2) is 6.29. The van der Waals surface area contributed by atoms with Crippen LogP contribution in [0, 0.1) is 0 Å². The van der Waals surface area contributed by atoms with Gasteiger partial charge in [0, 0.05) is 12.7 Å². The zero-order valence-corrected chi connectivity index (χ0v) is 11.0. The normalized spacial score (nSPS) is 13.6. The van der Waals surface area contributed by atoms with Crippen molar-refractivity contribution >= 4 is 11.9 Å². The van der Waals surface area contributed by atoms with Crippen LogP contribution in [-0.2, 0) is 0 Å². The molecule has 0 bridgehead atoms. The molecule has 0 radical (unpaired) electrons. The minimum absolute atomic E-state index is 0.0509. The van der Waals surface area contributed by atoms with Crippen LogP contribution in [-0.4, -0.2) is 39.2 Å². The fraction of sp³-hybridized carbons (Fsp3) is 0.462. The molecule has 1 rings (SSSR count). The molecule has 1 aromatic rings. The van der Waals surface area contributed by atoms with Crippen LogP contribution in [0.3, 0.4) is 0 Å². The minimum atomic E-state index is -1.21. The molecule has 19 heavy (non-hydrogen) atoms. The molecule has 3 N–H and O–H groups in total. The number of hydrogen-bond acceptors (Lipinski definition) is 4. The van der Waals surface area contributed by atoms with E-state index >= 15 is 0 Å². The van der Waals surface area contributed by atoms with Gasteiger partial charge in [0.1, 0.15) is 5.69 Å². The number of rotatable bonds is 6. The summed E-state index contributed by atoms with van der Waals surface area (Å²) in [5.74, 6) is -1.81. The third-order valence-corrected chi connectivity index (χ3v) is 2.67. The van der Waals surface area contributed by atoms with Gasteiger partial charge in [-0.3, -0.25) is 9.78 Å². The van der Waals surface area contributed by atoms with Crippen molar-refractivity contribution in [3.63, 3.8) is 0 Å². The molecule has 0 saturated heterocycles. The molecule has 1 heterocycles. The van der Waals surface area contributed by atoms with E-state index in [9.17, 15) is 14.7 Å². The van der Waals surface area contributed by atoms with Crippen LogP contribution in [0.1, 0.15) is 47.5 Å². The first-order valence-corrected chi connectivity index (χ1v) is 6.06. The Kier molecular flexibility index (Phi) is 5.00. The van der Waals surface area contributed by atoms with E-state index in [4.69, 9.17) is 5.11 Å². The molecule has 0 aromatic carbocycles. The maximum Gasteiger partial charge on any atom is 0.338 e. The average molecular weight is 266 g/mol. The lowest BCUT2D eigenvalue weighted by Gasteiger charge is -2.22. The standard InChI is InChI=1S/C13H18N2O4/c1-3-6-13(2,19)8-15-11(16)10-9(12(17)18)5-4-7-14-10/h4-5,7,19H,3,6,8H2,1-2H3,(H,15,16)(H,17,18). The van der Waals surface area contributed by atoms with Crippen LogP contribution in [0.2, 0.25) is 0 Å². The van der Waals surface area contributed by atoms with E-state index in [-0.39, 0.29) is 17.8 Å². The number of carbonyl (C=O) groups is 2. The summed E-state index contributed by atoms with van der Waals surface area (Å²) in [6, 6.07) is 2.77. The second-order valence-electron chi connectivity index (χ2n) is 4.63. The summed E-state index contributed by atoms with van der Waals surface area (Å²) in [4.78, 5) is 26.6. The summed E-state index contributed by atoms with van der Waals surface area (Å²) >= 11 is 0. The lowest BCUT2D eigenvalue weighted by molar-refractivity contribution is 0.0468. The SMILES string of the molecule is CCCC(C)(O)CNC(=O)c1ncccc1C(=O)O. The Balaban J connectivity index is 2.77. The number of nitrogens with zero attached hydrogens (tertiary/aromatic N) is 1. The summed E-state index contributed by atoms with van der Waals surface area (Å²) in [5.41, 5.74) is -1.32. The number of carboxylic acid groups (broad SMARTS) is 1. The highest BCUT2D eigenvalue weighted by Gasteiger charge is 2.22. The van der Waals surface area contributed by atoms with Crippen molar-refractivity contribution in [2.75, 3.05) is 6.54 Å². The third kappa shape index (κ3) is 4.33. The molecule has 6 heteroatoms. The zero-order chi connectivity index (χ0) is 14.5. The Bertz CT molecular complexity index is 471. The molecule has 0 aliphatic rings. The molecule has 1 aromatic heterocycles. The van der Waals surface area contributed by atoms with E-state index in [1.807, 2.05) is 6.92 Å². The number of amides is 1. The number of aromatic carboxylic acids is 1. The van der Waals surface area contributed by atoms with Crippen molar-refractivity contribution in [3.8, 4) is 0 Å². The van der Waals surface area contributed by atoms with Gasteiger partial charge in [-0.25, -0.2) is 4.79 Å². The second-order valence-corrected chi connectivity index (χ2v) is 4.63. The molecule has 0 saturated carbocycles. The smallest absolute Gasteiger partial charge is 0.338 e. The molecular formula is C13H18N2O4. The van der Waals surface area contributed by atoms with Gasteiger partial charge in [-0.1, -0.05) is 13.3 Å². The van der Waals surface area contributed by atoms with Gasteiger partial charge in [-0.15, -0.1) is 0 Å². The number of hydrogen-bond donors (Lipinski definition) is 3. The summed E-state index contributed by atoms with van der Waals surface area (Å²) in [5, 5.41) is 21.4. The van der Waals surface area contributed by atoms with Gasteiger partial charge in [-0.2, -0.15) is 0 Å². The molecule has 1 atom stereocenters. The first-order valence-electron chi connectivity index (χ1n) is 6.06.